The average Bonchev–Trinajstić information content (AvgIpc) is 2.78. The first-order valence-corrected chi connectivity index (χ1v) is 6.30. The number of likely N-dealkylation sites (tertiary alicyclic amines) is 1. The molecule has 0 bridgehead atoms. The monoisotopic (exact) mass is 241 g/mol. The Hall–Kier alpha value is -0.970. The third kappa shape index (κ3) is 3.25. The smallest absolute Gasteiger partial charge is 0.240 e. The molecule has 5 heteroatoms. The predicted octanol–water partition coefficient (Wildman–Crippen LogP) is 2.37. The summed E-state index contributed by atoms with van der Waals surface area (Å²) in [7, 11) is 0. The van der Waals surface area contributed by atoms with Crippen LogP contribution in [0.25, 0.3) is 0 Å². The van der Waals surface area contributed by atoms with Gasteiger partial charge in [-0.1, -0.05) is 19.0 Å². The van der Waals surface area contributed by atoms with Gasteiger partial charge in [0.15, 0.2) is 5.82 Å². The molecule has 0 radical (unpaired) electrons. The van der Waals surface area contributed by atoms with Gasteiger partial charge in [-0.25, -0.2) is 0 Å². The number of rotatable bonds is 4. The van der Waals surface area contributed by atoms with Crippen molar-refractivity contribution in [2.45, 2.75) is 39.2 Å². The SMILES string of the molecule is CC(C)c1noc(CN2CCCC(CF)C2)n1. The van der Waals surface area contributed by atoms with Crippen molar-refractivity contribution in [1.82, 2.24) is 15.0 Å². The van der Waals surface area contributed by atoms with Gasteiger partial charge in [0.2, 0.25) is 5.89 Å². The molecule has 0 amide bonds. The fourth-order valence-corrected chi connectivity index (χ4v) is 2.18. The van der Waals surface area contributed by atoms with Gasteiger partial charge in [-0.05, 0) is 19.4 Å². The summed E-state index contributed by atoms with van der Waals surface area (Å²) < 4.78 is 17.8. The van der Waals surface area contributed by atoms with Gasteiger partial charge >= 0.3 is 0 Å². The molecule has 0 aliphatic carbocycles. The van der Waals surface area contributed by atoms with E-state index in [1.807, 2.05) is 13.8 Å². The second kappa shape index (κ2) is 5.58. The van der Waals surface area contributed by atoms with E-state index in [-0.39, 0.29) is 18.5 Å². The molecule has 2 heterocycles. The van der Waals surface area contributed by atoms with Gasteiger partial charge in [-0.15, -0.1) is 0 Å². The molecule has 1 fully saturated rings. The minimum Gasteiger partial charge on any atom is -0.338 e. The van der Waals surface area contributed by atoms with E-state index in [2.05, 4.69) is 15.0 Å². The molecule has 0 saturated carbocycles. The molecule has 0 aromatic carbocycles. The van der Waals surface area contributed by atoms with E-state index in [9.17, 15) is 4.39 Å². The Morgan fingerprint density at radius 3 is 3.00 bits per heavy atom. The van der Waals surface area contributed by atoms with Crippen LogP contribution in [0.3, 0.4) is 0 Å². The third-order valence-corrected chi connectivity index (χ3v) is 3.18. The minimum atomic E-state index is -0.225. The molecule has 1 saturated heterocycles. The predicted molar refractivity (Wildman–Crippen MR) is 62.4 cm³/mol. The maximum Gasteiger partial charge on any atom is 0.240 e. The van der Waals surface area contributed by atoms with Gasteiger partial charge in [-0.3, -0.25) is 9.29 Å². The van der Waals surface area contributed by atoms with Crippen LogP contribution in [0, 0.1) is 5.92 Å². The van der Waals surface area contributed by atoms with Gasteiger partial charge in [0.1, 0.15) is 0 Å². The van der Waals surface area contributed by atoms with E-state index >= 15 is 0 Å². The molecule has 96 valence electrons. The topological polar surface area (TPSA) is 42.2 Å². The Labute approximate surface area is 101 Å². The Morgan fingerprint density at radius 1 is 1.53 bits per heavy atom. The van der Waals surface area contributed by atoms with Crippen LogP contribution in [0.1, 0.15) is 44.3 Å². The second-order valence-corrected chi connectivity index (χ2v) is 5.10. The lowest BCUT2D eigenvalue weighted by Crippen LogP contribution is -2.35. The molecule has 1 aliphatic rings. The molecule has 0 N–H and O–H groups in total. The van der Waals surface area contributed by atoms with Crippen LogP contribution in [0.2, 0.25) is 0 Å². The molecule has 1 aromatic rings. The van der Waals surface area contributed by atoms with Crippen LogP contribution < -0.4 is 0 Å². The van der Waals surface area contributed by atoms with E-state index in [4.69, 9.17) is 4.52 Å². The van der Waals surface area contributed by atoms with Gasteiger partial charge in [0.25, 0.3) is 0 Å². The van der Waals surface area contributed by atoms with Crippen molar-refractivity contribution in [2.24, 2.45) is 5.92 Å². The summed E-state index contributed by atoms with van der Waals surface area (Å²) in [5, 5.41) is 3.93. The molecule has 1 atom stereocenters. The largest absolute Gasteiger partial charge is 0.338 e. The summed E-state index contributed by atoms with van der Waals surface area (Å²) in [4.78, 5) is 6.54. The van der Waals surface area contributed by atoms with E-state index in [1.165, 1.54) is 0 Å². The summed E-state index contributed by atoms with van der Waals surface area (Å²) in [6, 6.07) is 0. The summed E-state index contributed by atoms with van der Waals surface area (Å²) in [5.41, 5.74) is 0. The number of hydrogen-bond donors (Lipinski definition) is 0. The van der Waals surface area contributed by atoms with Crippen molar-refractivity contribution < 1.29 is 8.91 Å². The molecule has 1 aromatic heterocycles. The number of aromatic nitrogens is 2. The van der Waals surface area contributed by atoms with Crippen LogP contribution in [0.5, 0.6) is 0 Å². The fourth-order valence-electron chi connectivity index (χ4n) is 2.18. The van der Waals surface area contributed by atoms with Crippen molar-refractivity contribution in [3.63, 3.8) is 0 Å². The number of nitrogens with zero attached hydrogens (tertiary/aromatic N) is 3. The second-order valence-electron chi connectivity index (χ2n) is 5.10. The quantitative estimate of drug-likeness (QED) is 0.811. The average molecular weight is 241 g/mol. The highest BCUT2D eigenvalue weighted by Crippen LogP contribution is 2.19. The highest BCUT2D eigenvalue weighted by atomic mass is 19.1. The summed E-state index contributed by atoms with van der Waals surface area (Å²) >= 11 is 0. The molecule has 17 heavy (non-hydrogen) atoms. The molecule has 0 spiro atoms. The number of alkyl halides is 1. The number of halogens is 1. The molecule has 1 unspecified atom stereocenters. The van der Waals surface area contributed by atoms with E-state index in [1.54, 1.807) is 0 Å². The first-order valence-electron chi connectivity index (χ1n) is 6.30. The molecule has 4 nitrogen and oxygen atoms in total. The van der Waals surface area contributed by atoms with Gasteiger partial charge in [0, 0.05) is 18.4 Å². The lowest BCUT2D eigenvalue weighted by molar-refractivity contribution is 0.134. The number of hydrogen-bond acceptors (Lipinski definition) is 4. The maximum atomic E-state index is 12.6. The van der Waals surface area contributed by atoms with Gasteiger partial charge < -0.3 is 4.52 Å². The van der Waals surface area contributed by atoms with E-state index < -0.39 is 0 Å². The zero-order chi connectivity index (χ0) is 12.3. The van der Waals surface area contributed by atoms with Crippen LogP contribution in [-0.2, 0) is 6.54 Å². The normalized spacial score (nSPS) is 22.2. The highest BCUT2D eigenvalue weighted by Gasteiger charge is 2.21. The van der Waals surface area contributed by atoms with Gasteiger partial charge in [0.05, 0.1) is 13.2 Å². The lowest BCUT2D eigenvalue weighted by Gasteiger charge is -2.29. The Kier molecular flexibility index (Phi) is 4.10. The molecule has 1 aliphatic heterocycles. The standard InChI is InChI=1S/C12H20FN3O/c1-9(2)12-14-11(17-15-12)8-16-5-3-4-10(6-13)7-16/h9-10H,3-8H2,1-2H3. The zero-order valence-corrected chi connectivity index (χ0v) is 10.5. The summed E-state index contributed by atoms with van der Waals surface area (Å²) in [6.45, 7) is 6.29. The fraction of sp³-hybridized carbons (Fsp3) is 0.833. The maximum absolute atomic E-state index is 12.6. The number of piperidine rings is 1. The summed E-state index contributed by atoms with van der Waals surface area (Å²) in [5.74, 6) is 1.86. The first-order chi connectivity index (χ1) is 8.19. The van der Waals surface area contributed by atoms with Crippen LogP contribution in [0.15, 0.2) is 4.52 Å². The first kappa shape index (κ1) is 12.5. The van der Waals surface area contributed by atoms with E-state index in [0.717, 1.165) is 31.8 Å². The lowest BCUT2D eigenvalue weighted by atomic mass is 10.00. The minimum absolute atomic E-state index is 0.177. The third-order valence-electron chi connectivity index (χ3n) is 3.18. The molecular weight excluding hydrogens is 221 g/mol. The van der Waals surface area contributed by atoms with Crippen LogP contribution >= 0.6 is 0 Å². The Bertz CT molecular complexity index is 353. The van der Waals surface area contributed by atoms with Crippen molar-refractivity contribution in [3.8, 4) is 0 Å². The Balaban J connectivity index is 1.91. The summed E-state index contributed by atoms with van der Waals surface area (Å²) in [6.07, 6.45) is 2.05. The molecular formula is C12H20FN3O. The highest BCUT2D eigenvalue weighted by molar-refractivity contribution is 4.92. The van der Waals surface area contributed by atoms with Crippen molar-refractivity contribution in [3.05, 3.63) is 11.7 Å². The van der Waals surface area contributed by atoms with Gasteiger partial charge in [-0.2, -0.15) is 4.98 Å². The molecule has 2 rings (SSSR count). The van der Waals surface area contributed by atoms with Crippen molar-refractivity contribution in [2.75, 3.05) is 19.8 Å². The van der Waals surface area contributed by atoms with Crippen molar-refractivity contribution in [1.29, 1.82) is 0 Å². The van der Waals surface area contributed by atoms with Crippen LogP contribution in [0.4, 0.5) is 4.39 Å². The Morgan fingerprint density at radius 2 is 2.35 bits per heavy atom. The van der Waals surface area contributed by atoms with E-state index in [0.29, 0.717) is 12.4 Å². The van der Waals surface area contributed by atoms with Crippen LogP contribution in [-0.4, -0.2) is 34.8 Å². The van der Waals surface area contributed by atoms with Crippen molar-refractivity contribution >= 4 is 0 Å². The zero-order valence-electron chi connectivity index (χ0n) is 10.5.